The van der Waals surface area contributed by atoms with E-state index in [2.05, 4.69) is 15.0 Å². The molecule has 0 fully saturated rings. The van der Waals surface area contributed by atoms with Crippen molar-refractivity contribution in [2.75, 3.05) is 24.0 Å². The number of para-hydroxylation sites is 1. The third-order valence-electron chi connectivity index (χ3n) is 5.44. The molecular formula is C26H29N5O2S. The summed E-state index contributed by atoms with van der Waals surface area (Å²) in [6.45, 7) is 6.23. The molecule has 2 heterocycles. The van der Waals surface area contributed by atoms with Gasteiger partial charge in [-0.05, 0) is 50.1 Å². The largest absolute Gasteiger partial charge is 0.497 e. The van der Waals surface area contributed by atoms with Gasteiger partial charge in [0, 0.05) is 25.9 Å². The average Bonchev–Trinajstić information content (AvgIpc) is 3.32. The smallest absolute Gasteiger partial charge is 0.270 e. The fraction of sp³-hybridized carbons (Fsp3) is 0.231. The second-order valence-corrected chi connectivity index (χ2v) is 9.02. The van der Waals surface area contributed by atoms with Crippen molar-refractivity contribution >= 4 is 33.9 Å². The van der Waals surface area contributed by atoms with Crippen molar-refractivity contribution in [3.63, 3.8) is 0 Å². The van der Waals surface area contributed by atoms with Gasteiger partial charge in [-0.3, -0.25) is 4.79 Å². The summed E-state index contributed by atoms with van der Waals surface area (Å²) in [4.78, 5) is 31.3. The molecule has 0 atom stereocenters. The maximum absolute atomic E-state index is 13.7. The van der Waals surface area contributed by atoms with Crippen molar-refractivity contribution in [2.45, 2.75) is 27.3 Å². The van der Waals surface area contributed by atoms with Crippen LogP contribution >= 0.6 is 11.3 Å². The van der Waals surface area contributed by atoms with Gasteiger partial charge in [-0.15, -0.1) is 0 Å². The zero-order valence-corrected chi connectivity index (χ0v) is 20.8. The summed E-state index contributed by atoms with van der Waals surface area (Å²) in [5.74, 6) is 2.12. The molecular weight excluding hydrogens is 446 g/mol. The standard InChI is InChI=1S/C26H27N5O2S.H2/c1-17-8-6-7-9-22(17)31(16-20-10-12-21(33-5)13-11-20)25(32)23-15-27-26(34-23)30(4)24-14-18(2)28-19(3)29-24;/h6-15H,16H2,1-5H3;1H/i;1+1. The SMILES string of the molecule is COc1ccc(CN(C(=O)c2cnc(N(C)c3cc(C)nc(C)n3)s2)c2ccccc2C)cc1.[2HH]. The lowest BCUT2D eigenvalue weighted by atomic mass is 10.1. The summed E-state index contributed by atoms with van der Waals surface area (Å²) in [6.07, 6.45) is 1.64. The quantitative estimate of drug-likeness (QED) is 0.339. The van der Waals surface area contributed by atoms with Gasteiger partial charge in [-0.1, -0.05) is 41.7 Å². The van der Waals surface area contributed by atoms with Crippen molar-refractivity contribution in [1.29, 1.82) is 0 Å². The normalized spacial score (nSPS) is 10.7. The average molecular weight is 477 g/mol. The molecule has 4 aromatic rings. The molecule has 0 aliphatic carbocycles. The fourth-order valence-electron chi connectivity index (χ4n) is 3.67. The molecule has 176 valence electrons. The van der Waals surface area contributed by atoms with Gasteiger partial charge >= 0.3 is 0 Å². The Labute approximate surface area is 205 Å². The Kier molecular flexibility index (Phi) is 6.88. The number of rotatable bonds is 7. The Morgan fingerprint density at radius 3 is 2.47 bits per heavy atom. The van der Waals surface area contributed by atoms with Crippen molar-refractivity contribution in [3.05, 3.63) is 88.3 Å². The highest BCUT2D eigenvalue weighted by atomic mass is 32.1. The molecule has 0 aliphatic rings. The van der Waals surface area contributed by atoms with Gasteiger partial charge in [-0.2, -0.15) is 0 Å². The predicted octanol–water partition coefficient (Wildman–Crippen LogP) is 5.73. The minimum atomic E-state index is -0.0997. The Morgan fingerprint density at radius 2 is 1.79 bits per heavy atom. The minimum Gasteiger partial charge on any atom is -0.497 e. The number of ether oxygens (including phenoxy) is 1. The number of aryl methyl sites for hydroxylation is 3. The molecule has 0 saturated carbocycles. The van der Waals surface area contributed by atoms with E-state index in [1.807, 2.05) is 87.3 Å². The summed E-state index contributed by atoms with van der Waals surface area (Å²) in [6, 6.07) is 17.6. The van der Waals surface area contributed by atoms with Crippen LogP contribution in [0.5, 0.6) is 5.75 Å². The lowest BCUT2D eigenvalue weighted by molar-refractivity contribution is 0.0988. The second-order valence-electron chi connectivity index (χ2n) is 8.01. The number of methoxy groups -OCH3 is 1. The van der Waals surface area contributed by atoms with Crippen LogP contribution in [0.1, 0.15) is 33.7 Å². The Balaban J connectivity index is 0.00000342. The fourth-order valence-corrected chi connectivity index (χ4v) is 4.50. The second kappa shape index (κ2) is 10.0. The van der Waals surface area contributed by atoms with Crippen molar-refractivity contribution in [1.82, 2.24) is 15.0 Å². The number of thiazole rings is 1. The van der Waals surface area contributed by atoms with Gasteiger partial charge in [0.25, 0.3) is 5.91 Å². The lowest BCUT2D eigenvalue weighted by Gasteiger charge is -2.24. The molecule has 2 aromatic carbocycles. The van der Waals surface area contributed by atoms with Gasteiger partial charge in [0.05, 0.1) is 19.9 Å². The number of anilines is 3. The summed E-state index contributed by atoms with van der Waals surface area (Å²) < 4.78 is 5.27. The summed E-state index contributed by atoms with van der Waals surface area (Å²) in [7, 11) is 3.53. The van der Waals surface area contributed by atoms with Gasteiger partial charge in [0.1, 0.15) is 22.3 Å². The molecule has 2 aromatic heterocycles. The van der Waals surface area contributed by atoms with Crippen LogP contribution in [0.4, 0.5) is 16.6 Å². The third-order valence-corrected chi connectivity index (χ3v) is 6.50. The van der Waals surface area contributed by atoms with E-state index in [-0.39, 0.29) is 7.33 Å². The first-order valence-electron chi connectivity index (χ1n) is 10.9. The topological polar surface area (TPSA) is 71.5 Å². The monoisotopic (exact) mass is 476 g/mol. The predicted molar refractivity (Wildman–Crippen MR) is 138 cm³/mol. The number of benzene rings is 2. The van der Waals surface area contributed by atoms with Crippen LogP contribution in [-0.4, -0.2) is 35.0 Å². The molecule has 0 N–H and O–H groups in total. The van der Waals surface area contributed by atoms with Crippen molar-refractivity contribution in [3.8, 4) is 5.75 Å². The van der Waals surface area contributed by atoms with E-state index < -0.39 is 0 Å². The molecule has 0 saturated heterocycles. The Morgan fingerprint density at radius 1 is 1.06 bits per heavy atom. The molecule has 8 heteroatoms. The van der Waals surface area contributed by atoms with Crippen LogP contribution in [0.3, 0.4) is 0 Å². The number of nitrogens with zero attached hydrogens (tertiary/aromatic N) is 5. The zero-order chi connectivity index (χ0) is 24.2. The van der Waals surface area contributed by atoms with E-state index in [1.165, 1.54) is 11.3 Å². The van der Waals surface area contributed by atoms with Crippen LogP contribution in [0.25, 0.3) is 0 Å². The number of carbonyl (C=O) groups excluding carboxylic acids is 1. The number of aromatic nitrogens is 3. The van der Waals surface area contributed by atoms with E-state index in [1.54, 1.807) is 18.2 Å². The number of hydrogen-bond donors (Lipinski definition) is 0. The van der Waals surface area contributed by atoms with E-state index in [9.17, 15) is 4.79 Å². The first kappa shape index (κ1) is 23.4. The Bertz CT molecular complexity index is 1290. The first-order chi connectivity index (χ1) is 16.4. The van der Waals surface area contributed by atoms with E-state index in [0.717, 1.165) is 34.1 Å². The molecule has 4 rings (SSSR count). The molecule has 1 amide bonds. The summed E-state index contributed by atoms with van der Waals surface area (Å²) >= 11 is 1.34. The third kappa shape index (κ3) is 5.07. The summed E-state index contributed by atoms with van der Waals surface area (Å²) in [5, 5.41) is 0.690. The molecule has 0 spiro atoms. The molecule has 7 nitrogen and oxygen atoms in total. The molecule has 0 bridgehead atoms. The maximum Gasteiger partial charge on any atom is 0.270 e. The van der Waals surface area contributed by atoms with Crippen LogP contribution in [0.15, 0.2) is 60.8 Å². The van der Waals surface area contributed by atoms with Gasteiger partial charge in [-0.25, -0.2) is 15.0 Å². The van der Waals surface area contributed by atoms with Crippen molar-refractivity contribution in [2.24, 2.45) is 0 Å². The van der Waals surface area contributed by atoms with Crippen LogP contribution in [-0.2, 0) is 6.54 Å². The van der Waals surface area contributed by atoms with Crippen molar-refractivity contribution < 1.29 is 11.0 Å². The highest BCUT2D eigenvalue weighted by Crippen LogP contribution is 2.31. The maximum atomic E-state index is 13.7. The van der Waals surface area contributed by atoms with E-state index >= 15 is 0 Å². The number of amides is 1. The summed E-state index contributed by atoms with van der Waals surface area (Å²) in [5.41, 5.74) is 3.78. The number of hydrogen-bond acceptors (Lipinski definition) is 7. The van der Waals surface area contributed by atoms with Gasteiger partial charge < -0.3 is 14.5 Å². The zero-order valence-electron chi connectivity index (χ0n) is 19.9. The molecule has 0 aliphatic heterocycles. The van der Waals surface area contributed by atoms with E-state index in [0.29, 0.717) is 22.4 Å². The van der Waals surface area contributed by atoms with Gasteiger partial charge in [0.2, 0.25) is 0 Å². The molecule has 34 heavy (non-hydrogen) atoms. The highest BCUT2D eigenvalue weighted by Gasteiger charge is 2.23. The first-order valence-corrected chi connectivity index (χ1v) is 11.7. The van der Waals surface area contributed by atoms with Crippen LogP contribution in [0, 0.1) is 20.8 Å². The van der Waals surface area contributed by atoms with Gasteiger partial charge in [0.15, 0.2) is 5.13 Å². The highest BCUT2D eigenvalue weighted by molar-refractivity contribution is 7.17. The van der Waals surface area contributed by atoms with Crippen LogP contribution in [0.2, 0.25) is 0 Å². The van der Waals surface area contributed by atoms with Crippen LogP contribution < -0.4 is 14.5 Å². The minimum absolute atomic E-state index is 0. The Hall–Kier alpha value is -3.78. The van der Waals surface area contributed by atoms with E-state index in [4.69, 9.17) is 4.74 Å². The molecule has 0 radical (unpaired) electrons. The number of carbonyl (C=O) groups is 1. The molecule has 0 unspecified atom stereocenters. The lowest BCUT2D eigenvalue weighted by Crippen LogP contribution is -2.30.